The molecule has 0 bridgehead atoms. The summed E-state index contributed by atoms with van der Waals surface area (Å²) in [7, 11) is -3.62. The molecule has 12 heteroatoms. The van der Waals surface area contributed by atoms with E-state index in [2.05, 4.69) is 35.4 Å². The summed E-state index contributed by atoms with van der Waals surface area (Å²) in [4.78, 5) is 19.2. The van der Waals surface area contributed by atoms with E-state index in [0.717, 1.165) is 16.4 Å². The van der Waals surface area contributed by atoms with E-state index in [1.54, 1.807) is 0 Å². The zero-order chi connectivity index (χ0) is 21.0. The minimum Gasteiger partial charge on any atom is -0.484 e. The second kappa shape index (κ2) is 8.68. The minimum absolute atomic E-state index is 0.0493. The van der Waals surface area contributed by atoms with Crippen LogP contribution in [0, 0.1) is 10.1 Å². The first-order valence-electron chi connectivity index (χ1n) is 8.16. The fourth-order valence-corrected chi connectivity index (χ4v) is 3.24. The van der Waals surface area contributed by atoms with Crippen LogP contribution in [0.25, 0.3) is 10.9 Å². The number of fused-ring (bicyclic) bond motifs is 1. The molecule has 29 heavy (non-hydrogen) atoms. The van der Waals surface area contributed by atoms with E-state index in [9.17, 15) is 18.5 Å². The van der Waals surface area contributed by atoms with Crippen LogP contribution in [0.5, 0.6) is 5.75 Å². The van der Waals surface area contributed by atoms with Gasteiger partial charge >= 0.3 is 5.69 Å². The number of halogens is 1. The van der Waals surface area contributed by atoms with Crippen molar-refractivity contribution in [2.45, 2.75) is 0 Å². The monoisotopic (exact) mass is 482 g/mol. The molecule has 3 rings (SSSR count). The van der Waals surface area contributed by atoms with E-state index in [4.69, 9.17) is 4.74 Å². The molecule has 1 heterocycles. The molecule has 0 saturated carbocycles. The number of aromatic nitrogens is 2. The zero-order valence-electron chi connectivity index (χ0n) is 15.0. The van der Waals surface area contributed by atoms with Crippen molar-refractivity contribution in [2.75, 3.05) is 24.8 Å². The highest BCUT2D eigenvalue weighted by atomic mass is 79.9. The van der Waals surface area contributed by atoms with Crippen molar-refractivity contribution in [1.29, 1.82) is 0 Å². The third-order valence-electron chi connectivity index (χ3n) is 3.64. The highest BCUT2D eigenvalue weighted by Crippen LogP contribution is 2.34. The first kappa shape index (κ1) is 20.9. The lowest BCUT2D eigenvalue weighted by molar-refractivity contribution is -0.385. The number of hydrogen-bond acceptors (Lipinski definition) is 9. The normalized spacial score (nSPS) is 11.4. The summed E-state index contributed by atoms with van der Waals surface area (Å²) in [5.74, 6) is 0.342. The van der Waals surface area contributed by atoms with Crippen LogP contribution >= 0.6 is 15.9 Å². The Morgan fingerprint density at radius 3 is 2.69 bits per heavy atom. The Bertz CT molecular complexity index is 1170. The van der Waals surface area contributed by atoms with Crippen molar-refractivity contribution in [3.05, 3.63) is 57.3 Å². The Hall–Kier alpha value is -2.83. The molecule has 2 aromatic carbocycles. The Morgan fingerprint density at radius 2 is 2.00 bits per heavy atom. The molecule has 0 saturated heterocycles. The summed E-state index contributed by atoms with van der Waals surface area (Å²) in [6, 6.07) is 10.1. The van der Waals surface area contributed by atoms with Crippen molar-refractivity contribution in [1.82, 2.24) is 9.97 Å². The lowest BCUT2D eigenvalue weighted by Crippen LogP contribution is -2.12. The summed E-state index contributed by atoms with van der Waals surface area (Å²) < 4.78 is 32.8. The number of benzene rings is 2. The lowest BCUT2D eigenvalue weighted by atomic mass is 10.2. The molecule has 152 valence electrons. The smallest absolute Gasteiger partial charge is 0.311 e. The maximum atomic E-state index is 11.5. The molecule has 1 aromatic heterocycles. The topological polar surface area (TPSA) is 134 Å². The van der Waals surface area contributed by atoms with Gasteiger partial charge in [0.15, 0.2) is 5.75 Å². The number of hydrogen-bond donors (Lipinski definition) is 1. The predicted molar refractivity (Wildman–Crippen MR) is 110 cm³/mol. The van der Waals surface area contributed by atoms with Gasteiger partial charge in [-0.05, 0) is 18.2 Å². The van der Waals surface area contributed by atoms with E-state index in [1.165, 1.54) is 18.5 Å². The molecule has 0 aliphatic heterocycles. The molecular formula is C17H15BrN4O6S. The third-order valence-corrected chi connectivity index (χ3v) is 4.73. The van der Waals surface area contributed by atoms with Crippen LogP contribution in [0.15, 0.2) is 47.2 Å². The van der Waals surface area contributed by atoms with Crippen LogP contribution in [0.1, 0.15) is 0 Å². The van der Waals surface area contributed by atoms with Gasteiger partial charge in [-0.15, -0.1) is 0 Å². The number of nitro groups is 1. The van der Waals surface area contributed by atoms with Gasteiger partial charge in [0.25, 0.3) is 10.1 Å². The molecule has 0 aliphatic carbocycles. The van der Waals surface area contributed by atoms with Crippen LogP contribution < -0.4 is 10.1 Å². The molecular weight excluding hydrogens is 468 g/mol. The molecule has 0 spiro atoms. The van der Waals surface area contributed by atoms with E-state index in [1.807, 2.05) is 24.3 Å². The highest BCUT2D eigenvalue weighted by molar-refractivity contribution is 9.10. The second-order valence-electron chi connectivity index (χ2n) is 5.83. The summed E-state index contributed by atoms with van der Waals surface area (Å²) in [5.41, 5.74) is 0.853. The predicted octanol–water partition coefficient (Wildman–Crippen LogP) is 3.40. The summed E-state index contributed by atoms with van der Waals surface area (Å²) >= 11 is 3.38. The molecule has 1 N–H and O–H groups in total. The third kappa shape index (κ3) is 5.59. The van der Waals surface area contributed by atoms with E-state index in [-0.39, 0.29) is 24.7 Å². The molecule has 0 radical (unpaired) electrons. The molecule has 0 fully saturated rings. The van der Waals surface area contributed by atoms with Crippen molar-refractivity contribution >= 4 is 54.1 Å². The maximum absolute atomic E-state index is 11.5. The maximum Gasteiger partial charge on any atom is 0.311 e. The number of ether oxygens (including phenoxy) is 1. The lowest BCUT2D eigenvalue weighted by Gasteiger charge is -2.11. The summed E-state index contributed by atoms with van der Waals surface area (Å²) in [5, 5.41) is 15.0. The molecule has 0 amide bonds. The number of anilines is 2. The molecule has 3 aromatic rings. The molecule has 0 atom stereocenters. The van der Waals surface area contributed by atoms with Crippen LogP contribution in [0.2, 0.25) is 0 Å². The first-order chi connectivity index (χ1) is 13.7. The summed E-state index contributed by atoms with van der Waals surface area (Å²) in [6.07, 6.45) is 2.23. The van der Waals surface area contributed by atoms with Gasteiger partial charge in [-0.1, -0.05) is 22.0 Å². The van der Waals surface area contributed by atoms with Crippen LogP contribution in [0.3, 0.4) is 0 Å². The molecule has 0 unspecified atom stereocenters. The van der Waals surface area contributed by atoms with Crippen LogP contribution in [-0.2, 0) is 14.3 Å². The van der Waals surface area contributed by atoms with E-state index < -0.39 is 15.0 Å². The van der Waals surface area contributed by atoms with E-state index in [0.29, 0.717) is 16.7 Å². The van der Waals surface area contributed by atoms with Gasteiger partial charge in [-0.2, -0.15) is 8.42 Å². The first-order valence-corrected chi connectivity index (χ1v) is 10.8. The minimum atomic E-state index is -3.62. The van der Waals surface area contributed by atoms with Crippen LogP contribution in [0.4, 0.5) is 17.2 Å². The average Bonchev–Trinajstić information content (AvgIpc) is 2.64. The van der Waals surface area contributed by atoms with Gasteiger partial charge in [0.2, 0.25) is 0 Å². The van der Waals surface area contributed by atoms with E-state index >= 15 is 0 Å². The van der Waals surface area contributed by atoms with Crippen molar-refractivity contribution in [3.8, 4) is 5.75 Å². The fraction of sp³-hybridized carbons (Fsp3) is 0.176. The van der Waals surface area contributed by atoms with Crippen molar-refractivity contribution in [2.24, 2.45) is 0 Å². The van der Waals surface area contributed by atoms with Crippen molar-refractivity contribution < 1.29 is 22.3 Å². The molecule has 0 aliphatic rings. The second-order valence-corrected chi connectivity index (χ2v) is 8.39. The summed E-state index contributed by atoms with van der Waals surface area (Å²) in [6.45, 7) is -0.457. The van der Waals surface area contributed by atoms with Gasteiger partial charge in [-0.25, -0.2) is 9.97 Å². The Kier molecular flexibility index (Phi) is 6.25. The fourth-order valence-electron chi connectivity index (χ4n) is 2.47. The molecule has 10 nitrogen and oxygen atoms in total. The van der Waals surface area contributed by atoms with Gasteiger partial charge < -0.3 is 10.1 Å². The van der Waals surface area contributed by atoms with Gasteiger partial charge in [0.1, 0.15) is 25.4 Å². The van der Waals surface area contributed by atoms with Gasteiger partial charge in [-0.3, -0.25) is 14.3 Å². The SMILES string of the molecule is CS(=O)(=O)OCCOc1cc2ncnc(Nc3cccc(Br)c3)c2cc1[N+](=O)[O-]. The Morgan fingerprint density at radius 1 is 1.21 bits per heavy atom. The average molecular weight is 483 g/mol. The standard InChI is InChI=1S/C17H15BrN4O6S/c1-29(25,26)28-6-5-27-16-9-14-13(8-15(16)22(23)24)17(20-10-19-14)21-12-4-2-3-11(18)7-12/h2-4,7-10H,5-6H2,1H3,(H,19,20,21). The van der Waals surface area contributed by atoms with Crippen LogP contribution in [-0.4, -0.2) is 42.8 Å². The number of nitro benzene ring substituents is 1. The number of nitrogens with one attached hydrogen (secondary N) is 1. The Labute approximate surface area is 174 Å². The van der Waals surface area contributed by atoms with Gasteiger partial charge in [0.05, 0.1) is 22.1 Å². The quantitative estimate of drug-likeness (QED) is 0.221. The Balaban J connectivity index is 1.92. The number of rotatable bonds is 8. The van der Waals surface area contributed by atoms with Gasteiger partial charge in [0, 0.05) is 22.3 Å². The van der Waals surface area contributed by atoms with Crippen molar-refractivity contribution in [3.63, 3.8) is 0 Å². The largest absolute Gasteiger partial charge is 0.484 e. The highest BCUT2D eigenvalue weighted by Gasteiger charge is 2.19. The number of nitrogens with zero attached hydrogens (tertiary/aromatic N) is 3. The zero-order valence-corrected chi connectivity index (χ0v) is 17.4.